The third-order valence-corrected chi connectivity index (χ3v) is 3.57. The first-order chi connectivity index (χ1) is 10.1. The molecule has 3 amide bonds. The third-order valence-electron chi connectivity index (χ3n) is 3.57. The lowest BCUT2D eigenvalue weighted by molar-refractivity contribution is -0.118. The van der Waals surface area contributed by atoms with Gasteiger partial charge in [-0.2, -0.15) is 0 Å². The van der Waals surface area contributed by atoms with E-state index < -0.39 is 5.91 Å². The minimum atomic E-state index is -0.510. The normalized spacial score (nSPS) is 14.8. The van der Waals surface area contributed by atoms with Gasteiger partial charge in [-0.25, -0.2) is 4.79 Å². The molecule has 6 nitrogen and oxygen atoms in total. The number of carbonyl (C=O) groups excluding carboxylic acids is 2. The fraction of sp³-hybridized carbons (Fsp3) is 0.467. The molecule has 1 heterocycles. The Morgan fingerprint density at radius 2 is 1.90 bits per heavy atom. The molecule has 1 aromatic rings. The Bertz CT molecular complexity index is 512. The van der Waals surface area contributed by atoms with Gasteiger partial charge in [-0.05, 0) is 37.0 Å². The summed E-state index contributed by atoms with van der Waals surface area (Å²) in [6.45, 7) is 1.74. The number of anilines is 1. The van der Waals surface area contributed by atoms with Crippen molar-refractivity contribution in [3.05, 3.63) is 29.8 Å². The van der Waals surface area contributed by atoms with Gasteiger partial charge in [0, 0.05) is 25.3 Å². The van der Waals surface area contributed by atoms with Crippen LogP contribution < -0.4 is 11.5 Å². The van der Waals surface area contributed by atoms with Gasteiger partial charge in [-0.15, -0.1) is 0 Å². The maximum atomic E-state index is 12.5. The Hall–Kier alpha value is -2.24. The molecule has 6 heteroatoms. The molecule has 4 N–H and O–H groups in total. The van der Waals surface area contributed by atoms with Crippen LogP contribution in [-0.4, -0.2) is 41.4 Å². The van der Waals surface area contributed by atoms with E-state index >= 15 is 0 Å². The highest BCUT2D eigenvalue weighted by molar-refractivity contribution is 5.83. The summed E-state index contributed by atoms with van der Waals surface area (Å²) in [5.41, 5.74) is 12.5. The second kappa shape index (κ2) is 6.97. The minimum absolute atomic E-state index is 0.0792. The predicted molar refractivity (Wildman–Crippen MR) is 81.3 cm³/mol. The average molecular weight is 290 g/mol. The van der Waals surface area contributed by atoms with Crippen LogP contribution >= 0.6 is 0 Å². The number of primary amides is 1. The van der Waals surface area contributed by atoms with Crippen LogP contribution in [-0.2, 0) is 11.3 Å². The van der Waals surface area contributed by atoms with E-state index in [1.165, 1.54) is 4.90 Å². The lowest BCUT2D eigenvalue weighted by atomic mass is 10.1. The van der Waals surface area contributed by atoms with E-state index in [9.17, 15) is 9.59 Å². The molecular weight excluding hydrogens is 268 g/mol. The SMILES string of the molecule is NC(=O)CN(Cc1cccc(N)c1)C(=O)N1CCCCC1. The average Bonchev–Trinajstić information content (AvgIpc) is 2.46. The van der Waals surface area contributed by atoms with Crippen LogP contribution in [0.4, 0.5) is 10.5 Å². The number of hydrogen-bond donors (Lipinski definition) is 2. The summed E-state index contributed by atoms with van der Waals surface area (Å²) >= 11 is 0. The van der Waals surface area contributed by atoms with Gasteiger partial charge in [0.25, 0.3) is 0 Å². The number of nitrogens with zero attached hydrogens (tertiary/aromatic N) is 2. The Morgan fingerprint density at radius 3 is 2.52 bits per heavy atom. The van der Waals surface area contributed by atoms with Crippen molar-refractivity contribution in [3.63, 3.8) is 0 Å². The molecular formula is C15H22N4O2. The highest BCUT2D eigenvalue weighted by Gasteiger charge is 2.23. The molecule has 1 fully saturated rings. The van der Waals surface area contributed by atoms with Crippen molar-refractivity contribution in [1.82, 2.24) is 9.80 Å². The molecule has 0 aromatic heterocycles. The number of urea groups is 1. The van der Waals surface area contributed by atoms with Crippen LogP contribution in [0.25, 0.3) is 0 Å². The van der Waals surface area contributed by atoms with E-state index in [0.717, 1.165) is 37.9 Å². The second-order valence-electron chi connectivity index (χ2n) is 5.40. The molecule has 0 saturated carbocycles. The lowest BCUT2D eigenvalue weighted by Crippen LogP contribution is -2.47. The zero-order chi connectivity index (χ0) is 15.2. The summed E-state index contributed by atoms with van der Waals surface area (Å²) in [4.78, 5) is 27.1. The summed E-state index contributed by atoms with van der Waals surface area (Å²) in [7, 11) is 0. The quantitative estimate of drug-likeness (QED) is 0.815. The smallest absolute Gasteiger partial charge is 0.320 e. The summed E-state index contributed by atoms with van der Waals surface area (Å²) in [5.74, 6) is -0.510. The minimum Gasteiger partial charge on any atom is -0.399 e. The van der Waals surface area contributed by atoms with E-state index in [1.54, 1.807) is 17.0 Å². The van der Waals surface area contributed by atoms with Gasteiger partial charge in [0.05, 0.1) is 0 Å². The van der Waals surface area contributed by atoms with Crippen LogP contribution in [0, 0.1) is 0 Å². The first-order valence-electron chi connectivity index (χ1n) is 7.23. The Balaban J connectivity index is 2.09. The highest BCUT2D eigenvalue weighted by Crippen LogP contribution is 2.14. The van der Waals surface area contributed by atoms with E-state index in [-0.39, 0.29) is 12.6 Å². The molecule has 0 unspecified atom stereocenters. The monoisotopic (exact) mass is 290 g/mol. The van der Waals surface area contributed by atoms with Crippen molar-refractivity contribution in [3.8, 4) is 0 Å². The Kier molecular flexibility index (Phi) is 5.03. The van der Waals surface area contributed by atoms with Crippen molar-refractivity contribution < 1.29 is 9.59 Å². The number of carbonyl (C=O) groups is 2. The Labute approximate surface area is 124 Å². The van der Waals surface area contributed by atoms with E-state index in [1.807, 2.05) is 12.1 Å². The van der Waals surface area contributed by atoms with E-state index in [0.29, 0.717) is 12.2 Å². The molecule has 2 rings (SSSR count). The number of amides is 3. The van der Waals surface area contributed by atoms with Gasteiger partial charge in [0.1, 0.15) is 6.54 Å². The van der Waals surface area contributed by atoms with Gasteiger partial charge in [0.2, 0.25) is 5.91 Å². The molecule has 0 atom stereocenters. The van der Waals surface area contributed by atoms with Crippen molar-refractivity contribution in [1.29, 1.82) is 0 Å². The van der Waals surface area contributed by atoms with Crippen LogP contribution in [0.5, 0.6) is 0 Å². The molecule has 1 aromatic carbocycles. The molecule has 1 aliphatic rings. The number of rotatable bonds is 4. The van der Waals surface area contributed by atoms with Gasteiger partial charge in [-0.3, -0.25) is 4.79 Å². The fourth-order valence-electron chi connectivity index (χ4n) is 2.58. The van der Waals surface area contributed by atoms with E-state index in [2.05, 4.69) is 0 Å². The van der Waals surface area contributed by atoms with Crippen LogP contribution in [0.2, 0.25) is 0 Å². The topological polar surface area (TPSA) is 92.7 Å². The van der Waals surface area contributed by atoms with Crippen molar-refractivity contribution >= 4 is 17.6 Å². The number of benzene rings is 1. The molecule has 0 spiro atoms. The first-order valence-corrected chi connectivity index (χ1v) is 7.23. The van der Waals surface area contributed by atoms with E-state index in [4.69, 9.17) is 11.5 Å². The molecule has 0 aliphatic carbocycles. The van der Waals surface area contributed by atoms with Crippen molar-refractivity contribution in [2.45, 2.75) is 25.8 Å². The Morgan fingerprint density at radius 1 is 1.19 bits per heavy atom. The first kappa shape index (κ1) is 15.2. The number of likely N-dealkylation sites (tertiary alicyclic amines) is 1. The molecule has 1 aliphatic heterocycles. The van der Waals surface area contributed by atoms with Gasteiger partial charge in [-0.1, -0.05) is 12.1 Å². The zero-order valence-corrected chi connectivity index (χ0v) is 12.1. The van der Waals surface area contributed by atoms with Gasteiger partial charge < -0.3 is 21.3 Å². The second-order valence-corrected chi connectivity index (χ2v) is 5.40. The summed E-state index contributed by atoms with van der Waals surface area (Å²) in [6.07, 6.45) is 3.16. The maximum absolute atomic E-state index is 12.5. The molecule has 21 heavy (non-hydrogen) atoms. The molecule has 1 saturated heterocycles. The summed E-state index contributed by atoms with van der Waals surface area (Å²) in [5, 5.41) is 0. The highest BCUT2D eigenvalue weighted by atomic mass is 16.2. The van der Waals surface area contributed by atoms with Crippen LogP contribution in [0.1, 0.15) is 24.8 Å². The number of hydrogen-bond acceptors (Lipinski definition) is 3. The van der Waals surface area contributed by atoms with Crippen LogP contribution in [0.3, 0.4) is 0 Å². The maximum Gasteiger partial charge on any atom is 0.320 e. The van der Waals surface area contributed by atoms with Gasteiger partial charge in [0.15, 0.2) is 0 Å². The number of piperidine rings is 1. The molecule has 0 radical (unpaired) electrons. The standard InChI is InChI=1S/C15H22N4O2/c16-13-6-4-5-12(9-13)10-19(11-14(17)20)15(21)18-7-2-1-3-8-18/h4-6,9H,1-3,7-8,10-11,16H2,(H2,17,20). The predicted octanol–water partition coefficient (Wildman–Crippen LogP) is 1.16. The van der Waals surface area contributed by atoms with Crippen molar-refractivity contribution in [2.24, 2.45) is 5.73 Å². The number of nitrogen functional groups attached to an aromatic ring is 1. The van der Waals surface area contributed by atoms with Crippen molar-refractivity contribution in [2.75, 3.05) is 25.4 Å². The summed E-state index contributed by atoms with van der Waals surface area (Å²) in [6, 6.07) is 7.17. The third kappa shape index (κ3) is 4.37. The van der Waals surface area contributed by atoms with Gasteiger partial charge >= 0.3 is 6.03 Å². The lowest BCUT2D eigenvalue weighted by Gasteiger charge is -2.32. The largest absolute Gasteiger partial charge is 0.399 e. The van der Waals surface area contributed by atoms with Crippen LogP contribution in [0.15, 0.2) is 24.3 Å². The number of nitrogens with two attached hydrogens (primary N) is 2. The summed E-state index contributed by atoms with van der Waals surface area (Å²) < 4.78 is 0. The molecule has 0 bridgehead atoms. The fourth-order valence-corrected chi connectivity index (χ4v) is 2.58. The molecule has 114 valence electrons. The zero-order valence-electron chi connectivity index (χ0n) is 12.1.